The molecule has 1 aromatic rings. The molecule has 18 heavy (non-hydrogen) atoms. The molecule has 0 spiro atoms. The number of hydrogen-bond donors (Lipinski definition) is 0. The van der Waals surface area contributed by atoms with Crippen molar-refractivity contribution in [1.29, 1.82) is 0 Å². The fourth-order valence-electron chi connectivity index (χ4n) is 1.22. The number of halogens is 3. The van der Waals surface area contributed by atoms with Gasteiger partial charge in [0.15, 0.2) is 5.75 Å². The Labute approximate surface area is 121 Å². The highest BCUT2D eigenvalue weighted by Crippen LogP contribution is 2.33. The zero-order chi connectivity index (χ0) is 13.5. The Morgan fingerprint density at radius 3 is 2.44 bits per heavy atom. The molecule has 0 fully saturated rings. The standard InChI is InChI=1S/C12H13Cl3O3/c1-2-3-4-5-12(16)18-17-11-7-9(14)8(13)6-10(11)15/h6-7H,2-5H2,1H3. The van der Waals surface area contributed by atoms with Crippen molar-refractivity contribution in [3.63, 3.8) is 0 Å². The minimum Gasteiger partial charge on any atom is -0.285 e. The highest BCUT2D eigenvalue weighted by molar-refractivity contribution is 6.43. The fourth-order valence-corrected chi connectivity index (χ4v) is 1.79. The first kappa shape index (κ1) is 15.4. The van der Waals surface area contributed by atoms with Gasteiger partial charge in [-0.15, -0.1) is 0 Å². The molecule has 6 heteroatoms. The van der Waals surface area contributed by atoms with Crippen molar-refractivity contribution in [1.82, 2.24) is 0 Å². The first-order chi connectivity index (χ1) is 8.54. The molecule has 1 rings (SSSR count). The SMILES string of the molecule is CCCCCC(=O)OOc1cc(Cl)c(Cl)cc1Cl. The van der Waals surface area contributed by atoms with Crippen molar-refractivity contribution in [2.45, 2.75) is 32.6 Å². The molecular formula is C12H13Cl3O3. The first-order valence-corrected chi connectivity index (χ1v) is 6.70. The molecule has 0 bridgehead atoms. The van der Waals surface area contributed by atoms with E-state index < -0.39 is 5.97 Å². The molecule has 0 aliphatic heterocycles. The smallest absolute Gasteiger partial charge is 0.285 e. The molecule has 1 aromatic carbocycles. The van der Waals surface area contributed by atoms with Crippen molar-refractivity contribution in [3.05, 3.63) is 27.2 Å². The minimum atomic E-state index is -0.439. The largest absolute Gasteiger partial charge is 0.355 e. The van der Waals surface area contributed by atoms with Gasteiger partial charge in [0.25, 0.3) is 0 Å². The summed E-state index contributed by atoms with van der Waals surface area (Å²) in [5.41, 5.74) is 0. The van der Waals surface area contributed by atoms with Crippen molar-refractivity contribution < 1.29 is 14.6 Å². The zero-order valence-electron chi connectivity index (χ0n) is 9.84. The van der Waals surface area contributed by atoms with Crippen molar-refractivity contribution >= 4 is 40.8 Å². The van der Waals surface area contributed by atoms with Gasteiger partial charge in [-0.1, -0.05) is 54.6 Å². The summed E-state index contributed by atoms with van der Waals surface area (Å²) in [6.45, 7) is 2.05. The van der Waals surface area contributed by atoms with Crippen LogP contribution in [0.2, 0.25) is 15.1 Å². The van der Waals surface area contributed by atoms with E-state index in [1.165, 1.54) is 12.1 Å². The summed E-state index contributed by atoms with van der Waals surface area (Å²) in [6.07, 6.45) is 3.09. The minimum absolute atomic E-state index is 0.162. The third kappa shape index (κ3) is 4.92. The summed E-state index contributed by atoms with van der Waals surface area (Å²) in [4.78, 5) is 20.8. The van der Waals surface area contributed by atoms with Crippen LogP contribution in [0, 0.1) is 0 Å². The third-order valence-electron chi connectivity index (χ3n) is 2.18. The second kappa shape index (κ2) is 7.72. The molecule has 0 aliphatic carbocycles. The molecule has 0 N–H and O–H groups in total. The van der Waals surface area contributed by atoms with Crippen LogP contribution in [-0.4, -0.2) is 5.97 Å². The summed E-state index contributed by atoms with van der Waals surface area (Å²) in [5, 5.41) is 0.812. The Kier molecular flexibility index (Phi) is 6.61. The van der Waals surface area contributed by atoms with Gasteiger partial charge in [-0.05, 0) is 12.5 Å². The summed E-state index contributed by atoms with van der Waals surface area (Å²) in [5.74, 6) is -0.277. The number of hydrogen-bond acceptors (Lipinski definition) is 3. The molecule has 0 radical (unpaired) electrons. The van der Waals surface area contributed by atoms with Crippen LogP contribution in [0.3, 0.4) is 0 Å². The number of carbonyl (C=O) groups is 1. The zero-order valence-corrected chi connectivity index (χ0v) is 12.1. The maximum absolute atomic E-state index is 11.3. The van der Waals surface area contributed by atoms with E-state index in [1.807, 2.05) is 0 Å². The van der Waals surface area contributed by atoms with Crippen LogP contribution in [-0.2, 0) is 9.68 Å². The lowest BCUT2D eigenvalue weighted by Crippen LogP contribution is -2.07. The third-order valence-corrected chi connectivity index (χ3v) is 3.20. The van der Waals surface area contributed by atoms with E-state index in [9.17, 15) is 4.79 Å². The topological polar surface area (TPSA) is 35.5 Å². The highest BCUT2D eigenvalue weighted by Gasteiger charge is 2.11. The molecular weight excluding hydrogens is 298 g/mol. The summed E-state index contributed by atoms with van der Waals surface area (Å²) >= 11 is 17.4. The maximum atomic E-state index is 11.3. The van der Waals surface area contributed by atoms with Gasteiger partial charge in [0.05, 0.1) is 21.5 Å². The Morgan fingerprint density at radius 1 is 1.11 bits per heavy atom. The summed E-state index contributed by atoms with van der Waals surface area (Å²) in [7, 11) is 0. The number of carbonyl (C=O) groups excluding carboxylic acids is 1. The van der Waals surface area contributed by atoms with Gasteiger partial charge >= 0.3 is 5.97 Å². The predicted molar refractivity (Wildman–Crippen MR) is 72.3 cm³/mol. The van der Waals surface area contributed by atoms with E-state index in [0.717, 1.165) is 19.3 Å². The van der Waals surface area contributed by atoms with Gasteiger partial charge in [0.1, 0.15) is 0 Å². The lowest BCUT2D eigenvalue weighted by Gasteiger charge is -2.07. The monoisotopic (exact) mass is 310 g/mol. The van der Waals surface area contributed by atoms with Crippen LogP contribution in [0.5, 0.6) is 5.75 Å². The molecule has 0 atom stereocenters. The van der Waals surface area contributed by atoms with Gasteiger partial charge in [0, 0.05) is 6.07 Å². The Balaban J connectivity index is 2.48. The average molecular weight is 312 g/mol. The van der Waals surface area contributed by atoms with Gasteiger partial charge in [0.2, 0.25) is 0 Å². The van der Waals surface area contributed by atoms with Gasteiger partial charge in [-0.2, -0.15) is 0 Å². The lowest BCUT2D eigenvalue weighted by atomic mass is 10.2. The van der Waals surface area contributed by atoms with Crippen LogP contribution in [0.25, 0.3) is 0 Å². The first-order valence-electron chi connectivity index (χ1n) is 5.56. The number of unbranched alkanes of at least 4 members (excludes halogenated alkanes) is 2. The Hall–Kier alpha value is -0.640. The average Bonchev–Trinajstić information content (AvgIpc) is 2.32. The van der Waals surface area contributed by atoms with E-state index in [-0.39, 0.29) is 15.8 Å². The molecule has 100 valence electrons. The molecule has 0 aromatic heterocycles. The molecule has 0 heterocycles. The van der Waals surface area contributed by atoms with E-state index in [2.05, 4.69) is 11.8 Å². The van der Waals surface area contributed by atoms with Crippen LogP contribution >= 0.6 is 34.8 Å². The van der Waals surface area contributed by atoms with Gasteiger partial charge in [-0.3, -0.25) is 9.78 Å². The van der Waals surface area contributed by atoms with Crippen molar-refractivity contribution in [2.75, 3.05) is 0 Å². The van der Waals surface area contributed by atoms with Crippen LogP contribution in [0.15, 0.2) is 12.1 Å². The lowest BCUT2D eigenvalue weighted by molar-refractivity contribution is -0.213. The second-order valence-electron chi connectivity index (χ2n) is 3.69. The summed E-state index contributed by atoms with van der Waals surface area (Å²) < 4.78 is 0. The second-order valence-corrected chi connectivity index (χ2v) is 4.91. The van der Waals surface area contributed by atoms with Crippen LogP contribution < -0.4 is 4.89 Å². The molecule has 0 unspecified atom stereocenters. The molecule has 3 nitrogen and oxygen atoms in total. The van der Waals surface area contributed by atoms with Crippen LogP contribution in [0.4, 0.5) is 0 Å². The fraction of sp³-hybridized carbons (Fsp3) is 0.417. The number of rotatable bonds is 6. The van der Waals surface area contributed by atoms with Crippen LogP contribution in [0.1, 0.15) is 32.6 Å². The maximum Gasteiger partial charge on any atom is 0.355 e. The van der Waals surface area contributed by atoms with E-state index >= 15 is 0 Å². The highest BCUT2D eigenvalue weighted by atomic mass is 35.5. The van der Waals surface area contributed by atoms with E-state index in [0.29, 0.717) is 11.4 Å². The normalized spacial score (nSPS) is 10.2. The number of benzene rings is 1. The quantitative estimate of drug-likeness (QED) is 0.319. The Bertz CT molecular complexity index is 421. The molecule has 0 saturated heterocycles. The van der Waals surface area contributed by atoms with Crippen molar-refractivity contribution in [3.8, 4) is 5.75 Å². The Morgan fingerprint density at radius 2 is 1.78 bits per heavy atom. The van der Waals surface area contributed by atoms with Gasteiger partial charge < -0.3 is 0 Å². The molecule has 0 saturated carbocycles. The van der Waals surface area contributed by atoms with E-state index in [4.69, 9.17) is 39.7 Å². The van der Waals surface area contributed by atoms with E-state index in [1.54, 1.807) is 0 Å². The summed E-state index contributed by atoms with van der Waals surface area (Å²) in [6, 6.07) is 2.82. The molecule has 0 aliphatic rings. The predicted octanol–water partition coefficient (Wildman–Crippen LogP) is 5.06. The van der Waals surface area contributed by atoms with Gasteiger partial charge in [-0.25, -0.2) is 4.79 Å². The molecule has 0 amide bonds. The van der Waals surface area contributed by atoms with Crippen molar-refractivity contribution in [2.24, 2.45) is 0 Å².